The molecule has 3 aromatic heterocycles. The third-order valence-electron chi connectivity index (χ3n) is 14.5. The van der Waals surface area contributed by atoms with E-state index in [1.807, 2.05) is 48.5 Å². The molecule has 0 aliphatic heterocycles. The van der Waals surface area contributed by atoms with Gasteiger partial charge in [0.2, 0.25) is 0 Å². The van der Waals surface area contributed by atoms with Gasteiger partial charge in [0.15, 0.2) is 11.6 Å². The van der Waals surface area contributed by atoms with Crippen molar-refractivity contribution in [3.8, 4) is 95.7 Å². The SMILES string of the molecule is c1ccc(-c2cc(-c3ccc(C4c5ccccc5-c5cc(-c6ccc7c(c6)c6ccccc6n7-c6cccc(-c7cc(-c8ccccc8)nc(-c8ccccc8)n7)c6)ccc54)cc3)nc(-c3ccccc3)n2)cc1. The lowest BCUT2D eigenvalue weighted by atomic mass is 9.88. The standard InChI is InChI=1S/C69H45N5/c1-5-18-45(19-6-1)61-43-63(72-68(70-61)49-22-9-3-10-23-49)47-32-34-48(35-33-47)67-57-30-14-13-28-55(57)59-41-51(36-38-58(59)67)52-37-39-66-60(42-52)56-29-15-16-31-65(56)74(66)54-27-17-26-53(40-54)64-44-62(46-20-7-2-8-21-46)71-69(73-64)50-24-11-4-12-25-50/h1-44,67H. The van der Waals surface area contributed by atoms with Crippen molar-refractivity contribution < 1.29 is 0 Å². The fourth-order valence-electron chi connectivity index (χ4n) is 11.0. The topological polar surface area (TPSA) is 56.5 Å². The third-order valence-corrected chi connectivity index (χ3v) is 14.5. The fraction of sp³-hybridized carbons (Fsp3) is 0.0145. The zero-order chi connectivity index (χ0) is 49.0. The van der Waals surface area contributed by atoms with Crippen LogP contribution in [0.4, 0.5) is 0 Å². The molecule has 0 radical (unpaired) electrons. The number of nitrogens with zero attached hydrogens (tertiary/aromatic N) is 5. The lowest BCUT2D eigenvalue weighted by Crippen LogP contribution is -2.00. The van der Waals surface area contributed by atoms with Crippen LogP contribution in [0, 0.1) is 0 Å². The first-order valence-electron chi connectivity index (χ1n) is 25.1. The van der Waals surface area contributed by atoms with Gasteiger partial charge in [-0.15, -0.1) is 0 Å². The van der Waals surface area contributed by atoms with E-state index in [1.54, 1.807) is 0 Å². The first-order chi connectivity index (χ1) is 36.7. The molecule has 0 saturated carbocycles. The molecule has 0 spiro atoms. The van der Waals surface area contributed by atoms with Crippen LogP contribution in [-0.4, -0.2) is 24.5 Å². The van der Waals surface area contributed by atoms with Crippen molar-refractivity contribution in [2.24, 2.45) is 0 Å². The molecule has 0 fully saturated rings. The summed E-state index contributed by atoms with van der Waals surface area (Å²) in [5, 5.41) is 2.41. The van der Waals surface area contributed by atoms with Crippen LogP contribution >= 0.6 is 0 Å². The molecule has 5 nitrogen and oxygen atoms in total. The van der Waals surface area contributed by atoms with Gasteiger partial charge in [-0.1, -0.05) is 218 Å². The molecule has 1 aliphatic rings. The van der Waals surface area contributed by atoms with Gasteiger partial charge in [0.25, 0.3) is 0 Å². The molecule has 0 amide bonds. The highest BCUT2D eigenvalue weighted by Gasteiger charge is 2.30. The van der Waals surface area contributed by atoms with Crippen molar-refractivity contribution in [1.82, 2.24) is 24.5 Å². The average Bonchev–Trinajstić information content (AvgIpc) is 4.00. The maximum absolute atomic E-state index is 5.17. The van der Waals surface area contributed by atoms with Gasteiger partial charge in [-0.05, 0) is 87.5 Å². The molecule has 74 heavy (non-hydrogen) atoms. The highest BCUT2D eigenvalue weighted by atomic mass is 15.0. The van der Waals surface area contributed by atoms with Gasteiger partial charge in [0.1, 0.15) is 0 Å². The van der Waals surface area contributed by atoms with Gasteiger partial charge in [-0.3, -0.25) is 0 Å². The van der Waals surface area contributed by atoms with Crippen LogP contribution in [-0.2, 0) is 0 Å². The molecular weight excluding hydrogens is 899 g/mol. The number of rotatable bonds is 9. The van der Waals surface area contributed by atoms with E-state index >= 15 is 0 Å². The van der Waals surface area contributed by atoms with E-state index in [1.165, 1.54) is 49.7 Å². The minimum atomic E-state index is 0.0999. The van der Waals surface area contributed by atoms with Crippen LogP contribution in [0.5, 0.6) is 0 Å². The Morgan fingerprint density at radius 3 is 1.36 bits per heavy atom. The summed E-state index contributed by atoms with van der Waals surface area (Å²) in [4.78, 5) is 20.3. The van der Waals surface area contributed by atoms with Crippen molar-refractivity contribution in [1.29, 1.82) is 0 Å². The maximum Gasteiger partial charge on any atom is 0.160 e. The molecular formula is C69H45N5. The lowest BCUT2D eigenvalue weighted by Gasteiger charge is -2.16. The molecule has 0 saturated heterocycles. The molecule has 3 heterocycles. The Balaban J connectivity index is 0.816. The Bertz CT molecular complexity index is 4110. The Hall–Kier alpha value is -9.84. The monoisotopic (exact) mass is 943 g/mol. The summed E-state index contributed by atoms with van der Waals surface area (Å²) < 4.78 is 2.39. The van der Waals surface area contributed by atoms with Gasteiger partial charge >= 0.3 is 0 Å². The highest BCUT2D eigenvalue weighted by molar-refractivity contribution is 6.10. The number of fused-ring (bicyclic) bond motifs is 6. The fourth-order valence-corrected chi connectivity index (χ4v) is 11.0. The summed E-state index contributed by atoms with van der Waals surface area (Å²) in [5.41, 5.74) is 21.9. The van der Waals surface area contributed by atoms with Gasteiger partial charge in [-0.25, -0.2) is 19.9 Å². The normalized spacial score (nSPS) is 12.7. The third kappa shape index (κ3) is 7.67. The second-order valence-corrected chi connectivity index (χ2v) is 19.0. The smallest absolute Gasteiger partial charge is 0.160 e. The van der Waals surface area contributed by atoms with E-state index in [4.69, 9.17) is 19.9 Å². The molecule has 0 bridgehead atoms. The number of para-hydroxylation sites is 1. The van der Waals surface area contributed by atoms with Crippen LogP contribution in [0.15, 0.2) is 267 Å². The average molecular weight is 944 g/mol. The van der Waals surface area contributed by atoms with E-state index < -0.39 is 0 Å². The van der Waals surface area contributed by atoms with Gasteiger partial charge in [0.05, 0.1) is 33.8 Å². The Morgan fingerprint density at radius 2 is 0.730 bits per heavy atom. The second-order valence-electron chi connectivity index (χ2n) is 19.0. The summed E-state index contributed by atoms with van der Waals surface area (Å²) in [5.74, 6) is 1.51. The van der Waals surface area contributed by atoms with Crippen molar-refractivity contribution in [2.75, 3.05) is 0 Å². The molecule has 346 valence electrons. The summed E-state index contributed by atoms with van der Waals surface area (Å²) in [6.45, 7) is 0. The maximum atomic E-state index is 5.17. The van der Waals surface area contributed by atoms with E-state index in [9.17, 15) is 0 Å². The van der Waals surface area contributed by atoms with E-state index in [2.05, 4.69) is 223 Å². The summed E-state index contributed by atoms with van der Waals surface area (Å²) in [6, 6.07) is 94.8. The molecule has 14 rings (SSSR count). The van der Waals surface area contributed by atoms with Gasteiger partial charge in [0, 0.05) is 55.8 Å². The number of benzene rings is 10. The first kappa shape index (κ1) is 43.0. The zero-order valence-electron chi connectivity index (χ0n) is 40.2. The van der Waals surface area contributed by atoms with E-state index in [0.717, 1.165) is 72.9 Å². The molecule has 0 N–H and O–H groups in total. The molecule has 1 aliphatic carbocycles. The number of hydrogen-bond donors (Lipinski definition) is 0. The second kappa shape index (κ2) is 18.1. The molecule has 5 heteroatoms. The molecule has 1 atom stereocenters. The summed E-state index contributed by atoms with van der Waals surface area (Å²) >= 11 is 0. The van der Waals surface area contributed by atoms with E-state index in [-0.39, 0.29) is 5.92 Å². The molecule has 13 aromatic rings. The minimum Gasteiger partial charge on any atom is -0.309 e. The van der Waals surface area contributed by atoms with Crippen molar-refractivity contribution in [3.05, 3.63) is 284 Å². The zero-order valence-corrected chi connectivity index (χ0v) is 40.2. The van der Waals surface area contributed by atoms with Crippen molar-refractivity contribution in [3.63, 3.8) is 0 Å². The molecule has 1 unspecified atom stereocenters. The predicted octanol–water partition coefficient (Wildman–Crippen LogP) is 17.2. The Kier molecular flexibility index (Phi) is 10.5. The van der Waals surface area contributed by atoms with Crippen LogP contribution in [0.2, 0.25) is 0 Å². The van der Waals surface area contributed by atoms with Crippen LogP contribution < -0.4 is 0 Å². The first-order valence-corrected chi connectivity index (χ1v) is 25.1. The van der Waals surface area contributed by atoms with Gasteiger partial charge in [-0.2, -0.15) is 0 Å². The predicted molar refractivity (Wildman–Crippen MR) is 303 cm³/mol. The van der Waals surface area contributed by atoms with Gasteiger partial charge < -0.3 is 4.57 Å². The largest absolute Gasteiger partial charge is 0.309 e. The van der Waals surface area contributed by atoms with Crippen molar-refractivity contribution >= 4 is 21.8 Å². The molecule has 10 aromatic carbocycles. The van der Waals surface area contributed by atoms with Crippen LogP contribution in [0.3, 0.4) is 0 Å². The minimum absolute atomic E-state index is 0.0999. The number of hydrogen-bond acceptors (Lipinski definition) is 4. The quantitative estimate of drug-likeness (QED) is 0.145. The highest BCUT2D eigenvalue weighted by Crippen LogP contribution is 2.50. The van der Waals surface area contributed by atoms with E-state index in [0.29, 0.717) is 11.6 Å². The Morgan fingerprint density at radius 1 is 0.270 bits per heavy atom. The summed E-state index contributed by atoms with van der Waals surface area (Å²) in [7, 11) is 0. The van der Waals surface area contributed by atoms with Crippen molar-refractivity contribution in [2.45, 2.75) is 5.92 Å². The summed E-state index contributed by atoms with van der Waals surface area (Å²) in [6.07, 6.45) is 0. The number of aromatic nitrogens is 5. The van der Waals surface area contributed by atoms with Crippen LogP contribution in [0.25, 0.3) is 118 Å². The Labute approximate surface area is 429 Å². The lowest BCUT2D eigenvalue weighted by molar-refractivity contribution is 1.01. The van der Waals surface area contributed by atoms with Crippen LogP contribution in [0.1, 0.15) is 22.6 Å².